The molecule has 0 spiro atoms. The Morgan fingerprint density at radius 1 is 1.19 bits per heavy atom. The molecule has 0 bridgehead atoms. The molecule has 0 fully saturated rings. The van der Waals surface area contributed by atoms with Crippen molar-refractivity contribution in [2.75, 3.05) is 12.3 Å². The molecule has 2 aromatic rings. The summed E-state index contributed by atoms with van der Waals surface area (Å²) in [7, 11) is -3.53. The second kappa shape index (κ2) is 6.46. The number of hydrogen-bond donors (Lipinski definition) is 2. The highest BCUT2D eigenvalue weighted by Crippen LogP contribution is 2.33. The molecule has 2 aromatic carbocycles. The summed E-state index contributed by atoms with van der Waals surface area (Å²) in [6, 6.07) is 10.4. The van der Waals surface area contributed by atoms with E-state index in [0.717, 1.165) is 4.90 Å². The first kappa shape index (κ1) is 15.8. The number of nitrogen functional groups attached to an aromatic ring is 1. The van der Waals surface area contributed by atoms with Gasteiger partial charge in [-0.2, -0.15) is 0 Å². The topological polar surface area (TPSA) is 72.2 Å². The average Bonchev–Trinajstić information content (AvgIpc) is 2.43. The third-order valence-corrected chi connectivity index (χ3v) is 5.30. The number of halogens is 1. The summed E-state index contributed by atoms with van der Waals surface area (Å²) >= 11 is 1.29. The van der Waals surface area contributed by atoms with Crippen LogP contribution in [-0.4, -0.2) is 15.0 Å². The molecular weight excluding hydrogens is 311 g/mol. The normalized spacial score (nSPS) is 11.5. The molecule has 0 aliphatic rings. The van der Waals surface area contributed by atoms with Crippen LogP contribution in [0.4, 0.5) is 10.1 Å². The standard InChI is InChI=1S/C14H15FN2O2S2/c1-2-17-21(18,19)12-7-8-13(16)14(9-12)20-11-5-3-10(15)4-6-11/h3-9,17H,2,16H2,1H3. The van der Waals surface area contributed by atoms with Crippen molar-refractivity contribution >= 4 is 27.5 Å². The molecule has 0 unspecified atom stereocenters. The molecule has 0 saturated carbocycles. The van der Waals surface area contributed by atoms with E-state index in [9.17, 15) is 12.8 Å². The second-order valence-corrected chi connectivity index (χ2v) is 7.14. The van der Waals surface area contributed by atoms with Gasteiger partial charge in [0.2, 0.25) is 10.0 Å². The quantitative estimate of drug-likeness (QED) is 0.829. The van der Waals surface area contributed by atoms with E-state index < -0.39 is 10.0 Å². The van der Waals surface area contributed by atoms with Crippen molar-refractivity contribution in [3.8, 4) is 0 Å². The summed E-state index contributed by atoms with van der Waals surface area (Å²) < 4.78 is 39.3. The van der Waals surface area contributed by atoms with E-state index in [-0.39, 0.29) is 10.7 Å². The van der Waals surface area contributed by atoms with Crippen molar-refractivity contribution in [2.45, 2.75) is 21.6 Å². The van der Waals surface area contributed by atoms with Gasteiger partial charge in [-0.25, -0.2) is 17.5 Å². The fraction of sp³-hybridized carbons (Fsp3) is 0.143. The van der Waals surface area contributed by atoms with Crippen LogP contribution >= 0.6 is 11.8 Å². The van der Waals surface area contributed by atoms with E-state index in [1.54, 1.807) is 25.1 Å². The number of sulfonamides is 1. The van der Waals surface area contributed by atoms with Crippen molar-refractivity contribution in [3.63, 3.8) is 0 Å². The molecule has 0 amide bonds. The smallest absolute Gasteiger partial charge is 0.240 e. The van der Waals surface area contributed by atoms with Crippen LogP contribution in [0.2, 0.25) is 0 Å². The van der Waals surface area contributed by atoms with Crippen molar-refractivity contribution in [2.24, 2.45) is 0 Å². The summed E-state index contributed by atoms with van der Waals surface area (Å²) in [6.45, 7) is 2.02. The third kappa shape index (κ3) is 3.96. The van der Waals surface area contributed by atoms with Gasteiger partial charge in [-0.05, 0) is 42.5 Å². The van der Waals surface area contributed by atoms with Crippen molar-refractivity contribution in [1.29, 1.82) is 0 Å². The zero-order valence-electron chi connectivity index (χ0n) is 11.3. The Balaban J connectivity index is 2.33. The van der Waals surface area contributed by atoms with Crippen LogP contribution in [-0.2, 0) is 10.0 Å². The van der Waals surface area contributed by atoms with Gasteiger partial charge in [0.25, 0.3) is 0 Å². The van der Waals surface area contributed by atoms with E-state index in [0.29, 0.717) is 17.1 Å². The van der Waals surface area contributed by atoms with Crippen LogP contribution in [0.25, 0.3) is 0 Å². The summed E-state index contributed by atoms with van der Waals surface area (Å²) in [6.07, 6.45) is 0. The molecule has 0 saturated heterocycles. The summed E-state index contributed by atoms with van der Waals surface area (Å²) in [4.78, 5) is 1.55. The van der Waals surface area contributed by atoms with E-state index in [1.165, 1.54) is 36.0 Å². The van der Waals surface area contributed by atoms with Crippen molar-refractivity contribution in [1.82, 2.24) is 4.72 Å². The maximum absolute atomic E-state index is 12.9. The van der Waals surface area contributed by atoms with Gasteiger partial charge in [-0.1, -0.05) is 18.7 Å². The Morgan fingerprint density at radius 3 is 2.48 bits per heavy atom. The monoisotopic (exact) mass is 326 g/mol. The minimum absolute atomic E-state index is 0.156. The number of nitrogens with two attached hydrogens (primary N) is 1. The highest BCUT2D eigenvalue weighted by Gasteiger charge is 2.14. The van der Waals surface area contributed by atoms with Crippen LogP contribution in [0.15, 0.2) is 57.2 Å². The van der Waals surface area contributed by atoms with Crippen LogP contribution in [0.5, 0.6) is 0 Å². The largest absolute Gasteiger partial charge is 0.398 e. The first-order chi connectivity index (χ1) is 9.92. The number of hydrogen-bond acceptors (Lipinski definition) is 4. The van der Waals surface area contributed by atoms with Crippen molar-refractivity contribution < 1.29 is 12.8 Å². The fourth-order valence-electron chi connectivity index (χ4n) is 1.67. The Kier molecular flexibility index (Phi) is 4.87. The lowest BCUT2D eigenvalue weighted by Crippen LogP contribution is -2.23. The summed E-state index contributed by atoms with van der Waals surface area (Å²) in [5.41, 5.74) is 6.35. The highest BCUT2D eigenvalue weighted by atomic mass is 32.2. The lowest BCUT2D eigenvalue weighted by molar-refractivity contribution is 0.583. The van der Waals surface area contributed by atoms with Crippen molar-refractivity contribution in [3.05, 3.63) is 48.3 Å². The van der Waals surface area contributed by atoms with E-state index in [4.69, 9.17) is 5.73 Å². The third-order valence-electron chi connectivity index (χ3n) is 2.67. The lowest BCUT2D eigenvalue weighted by atomic mass is 10.3. The van der Waals surface area contributed by atoms with E-state index >= 15 is 0 Å². The number of nitrogens with one attached hydrogen (secondary N) is 1. The minimum Gasteiger partial charge on any atom is -0.398 e. The Labute approximate surface area is 127 Å². The predicted octanol–water partition coefficient (Wildman–Crippen LogP) is 2.86. The zero-order chi connectivity index (χ0) is 15.5. The Morgan fingerprint density at radius 2 is 1.86 bits per heavy atom. The van der Waals surface area contributed by atoms with Gasteiger partial charge in [0.1, 0.15) is 5.82 Å². The maximum Gasteiger partial charge on any atom is 0.240 e. The molecule has 0 aliphatic heterocycles. The van der Waals surface area contributed by atoms with Gasteiger partial charge >= 0.3 is 0 Å². The average molecular weight is 326 g/mol. The first-order valence-corrected chi connectivity index (χ1v) is 8.55. The van der Waals surface area contributed by atoms with Gasteiger partial charge in [0.05, 0.1) is 4.90 Å². The molecule has 3 N–H and O–H groups in total. The molecule has 4 nitrogen and oxygen atoms in total. The Bertz CT molecular complexity index is 731. The molecule has 112 valence electrons. The molecule has 7 heteroatoms. The SMILES string of the molecule is CCNS(=O)(=O)c1ccc(N)c(Sc2ccc(F)cc2)c1. The Hall–Kier alpha value is -1.57. The number of anilines is 1. The van der Waals surface area contributed by atoms with Gasteiger partial charge in [-0.15, -0.1) is 0 Å². The molecule has 2 rings (SSSR count). The van der Waals surface area contributed by atoms with Crippen LogP contribution in [0.1, 0.15) is 6.92 Å². The van der Waals surface area contributed by atoms with Gasteiger partial charge in [0, 0.05) is 22.0 Å². The van der Waals surface area contributed by atoms with E-state index in [1.807, 2.05) is 0 Å². The molecule has 0 heterocycles. The van der Waals surface area contributed by atoms with Crippen LogP contribution in [0.3, 0.4) is 0 Å². The predicted molar refractivity (Wildman–Crippen MR) is 82.2 cm³/mol. The highest BCUT2D eigenvalue weighted by molar-refractivity contribution is 7.99. The van der Waals surface area contributed by atoms with Crippen LogP contribution < -0.4 is 10.5 Å². The fourth-order valence-corrected chi connectivity index (χ4v) is 3.71. The number of benzene rings is 2. The van der Waals surface area contributed by atoms with Gasteiger partial charge in [-0.3, -0.25) is 0 Å². The maximum atomic E-state index is 12.9. The van der Waals surface area contributed by atoms with Crippen LogP contribution in [0, 0.1) is 5.82 Å². The number of rotatable bonds is 5. The molecule has 21 heavy (non-hydrogen) atoms. The van der Waals surface area contributed by atoms with Gasteiger partial charge < -0.3 is 5.73 Å². The second-order valence-electron chi connectivity index (χ2n) is 4.26. The molecule has 0 aliphatic carbocycles. The summed E-state index contributed by atoms with van der Waals surface area (Å²) in [5, 5.41) is 0. The molecular formula is C14H15FN2O2S2. The van der Waals surface area contributed by atoms with Gasteiger partial charge in [0.15, 0.2) is 0 Å². The molecule has 0 radical (unpaired) electrons. The molecule has 0 aromatic heterocycles. The minimum atomic E-state index is -3.53. The first-order valence-electron chi connectivity index (χ1n) is 6.25. The zero-order valence-corrected chi connectivity index (χ0v) is 13.0. The molecule has 0 atom stereocenters. The summed E-state index contributed by atoms with van der Waals surface area (Å²) in [5.74, 6) is -0.323. The van der Waals surface area contributed by atoms with E-state index in [2.05, 4.69) is 4.72 Å². The lowest BCUT2D eigenvalue weighted by Gasteiger charge is -2.09.